The van der Waals surface area contributed by atoms with Gasteiger partial charge in [0.2, 0.25) is 11.9 Å². The molecule has 0 atom stereocenters. The van der Waals surface area contributed by atoms with Gasteiger partial charge in [-0.3, -0.25) is 9.13 Å². The van der Waals surface area contributed by atoms with Crippen molar-refractivity contribution in [1.82, 2.24) is 24.1 Å². The fourth-order valence-electron chi connectivity index (χ4n) is 17.9. The van der Waals surface area contributed by atoms with Crippen LogP contribution in [0.2, 0.25) is 112 Å². The average Bonchev–Trinajstić information content (AvgIpc) is 4.11. The number of aromatic nitrogens is 5. The maximum absolute atomic E-state index is 5.73. The maximum Gasteiger partial charge on any atom is 0.240 e. The molecule has 12 heterocycles. The average molecular weight is 1170 g/mol. The van der Waals surface area contributed by atoms with Crippen molar-refractivity contribution in [3.05, 3.63) is 176 Å². The van der Waals surface area contributed by atoms with Gasteiger partial charge in [-0.1, -0.05) is 295 Å². The van der Waals surface area contributed by atoms with E-state index in [2.05, 4.69) is 224 Å². The predicted octanol–water partition coefficient (Wildman–Crippen LogP) is 10.9. The quantitative estimate of drug-likeness (QED) is 0.118. The molecule has 0 unspecified atom stereocenters. The smallest absolute Gasteiger partial charge is 0.240 e. The van der Waals surface area contributed by atoms with E-state index in [4.69, 9.17) is 15.0 Å². The van der Waals surface area contributed by atoms with Crippen molar-refractivity contribution in [3.63, 3.8) is 0 Å². The van der Waals surface area contributed by atoms with Crippen molar-refractivity contribution < 1.29 is 0 Å². The first kappa shape index (κ1) is 49.5. The third-order valence-electron chi connectivity index (χ3n) is 23.4. The Hall–Kier alpha value is -6.11. The highest BCUT2D eigenvalue weighted by molar-refractivity contribution is 7.21. The summed E-state index contributed by atoms with van der Waals surface area (Å²) in [6.45, 7) is 16.6. The Morgan fingerprint density at radius 1 is 0.296 bits per heavy atom. The Bertz CT molecular complexity index is 4070. The zero-order valence-corrected chi connectivity index (χ0v) is 55.0. The molecule has 20 rings (SSSR count). The molecule has 5 nitrogen and oxygen atoms in total. The van der Waals surface area contributed by atoms with Crippen LogP contribution in [0.5, 0.6) is 0 Å². The van der Waals surface area contributed by atoms with Gasteiger partial charge in [-0.05, 0) is 45.0 Å². The summed E-state index contributed by atoms with van der Waals surface area (Å²) in [5, 5.41) is 22.0. The van der Waals surface area contributed by atoms with Crippen molar-refractivity contribution in [2.75, 3.05) is 0 Å². The van der Waals surface area contributed by atoms with Crippen LogP contribution >= 0.6 is 0 Å². The van der Waals surface area contributed by atoms with E-state index in [1.54, 1.807) is 15.6 Å². The first-order chi connectivity index (χ1) is 39.2. The van der Waals surface area contributed by atoms with Gasteiger partial charge in [0.05, 0.1) is 70.5 Å². The minimum atomic E-state index is -3.14. The van der Waals surface area contributed by atoms with Crippen molar-refractivity contribution in [1.29, 1.82) is 0 Å². The Labute approximate surface area is 483 Å². The fraction of sp³-hybridized carbons (Fsp3) is 0.261. The Kier molecular flexibility index (Phi) is 10.4. The lowest BCUT2D eigenvalue weighted by Crippen LogP contribution is -2.80. The summed E-state index contributed by atoms with van der Waals surface area (Å²) in [5.41, 5.74) is 5.40. The Morgan fingerprint density at radius 2 is 0.593 bits per heavy atom. The van der Waals surface area contributed by atoms with E-state index in [0.717, 1.165) is 27.6 Å². The van der Waals surface area contributed by atoms with Gasteiger partial charge in [0.25, 0.3) is 0 Å². The van der Waals surface area contributed by atoms with Gasteiger partial charge < -0.3 is 0 Å². The molecule has 9 aliphatic rings. The molecule has 400 valence electrons. The minimum Gasteiger partial charge on any atom is -0.278 e. The van der Waals surface area contributed by atoms with Gasteiger partial charge in [-0.15, -0.1) is 0 Å². The van der Waals surface area contributed by atoms with Crippen LogP contribution in [0, 0.1) is 0 Å². The largest absolute Gasteiger partial charge is 0.278 e. The molecule has 3 aromatic heterocycles. The molecule has 0 spiro atoms. The molecular formula is C69H71N5Si7. The summed E-state index contributed by atoms with van der Waals surface area (Å²) in [6.07, 6.45) is 0. The normalized spacial score (nSPS) is 27.7. The first-order valence-electron chi connectivity index (χ1n) is 30.5. The van der Waals surface area contributed by atoms with Gasteiger partial charge >= 0.3 is 0 Å². The molecule has 0 aliphatic carbocycles. The Balaban J connectivity index is 0.977. The van der Waals surface area contributed by atoms with Crippen molar-refractivity contribution in [2.24, 2.45) is 0 Å². The van der Waals surface area contributed by atoms with E-state index in [1.807, 2.05) is 31.1 Å². The summed E-state index contributed by atoms with van der Waals surface area (Å²) < 4.78 is 4.57. The number of fused-ring (bicyclic) bond motifs is 12. The standard InChI is InChI=1S/C69H71N5Si7/c1-75-32-38-78(4,39-33-75)64-45-50(26-29-61(64)75)81(51-27-30-62-65(46-51)79(5)40-34-76(62,2)35-41-79,52-28-31-63-66(47-52)80(6)42-36-77(63,3)37-43-80)49-17-15-16-48(44-49)67-70-68(73-57-22-11-7-18-53(57)54-19-8-12-23-58(54)73)72-69(71-67)74-59-24-13-9-20-55(59)56-21-10-14-25-60(56)74/h7-31,44-47H,32-43H2,1-6H3. The highest BCUT2D eigenvalue weighted by Gasteiger charge is 2.55. The van der Waals surface area contributed by atoms with E-state index in [9.17, 15) is 0 Å². The van der Waals surface area contributed by atoms with Crippen LogP contribution in [0.25, 0.3) is 66.9 Å². The second kappa shape index (κ2) is 17.0. The maximum atomic E-state index is 5.73. The Morgan fingerprint density at radius 3 is 0.926 bits per heavy atom. The summed E-state index contributed by atoms with van der Waals surface area (Å²) >= 11 is 0. The second-order valence-corrected chi connectivity index (χ2v) is 59.7. The molecule has 81 heavy (non-hydrogen) atoms. The van der Waals surface area contributed by atoms with Gasteiger partial charge in [-0.25, -0.2) is 0 Å². The van der Waals surface area contributed by atoms with E-state index >= 15 is 0 Å². The number of rotatable bonds is 7. The summed E-state index contributed by atoms with van der Waals surface area (Å²) in [7, 11) is -12.9. The number of benzene rings is 8. The van der Waals surface area contributed by atoms with Crippen LogP contribution in [0.3, 0.4) is 0 Å². The molecule has 6 bridgehead atoms. The molecule has 3 fully saturated rings. The molecule has 0 amide bonds. The number of hydrogen-bond acceptors (Lipinski definition) is 3. The highest BCUT2D eigenvalue weighted by atomic mass is 28.4. The molecule has 11 aromatic rings. The van der Waals surface area contributed by atoms with Crippen LogP contribution in [-0.2, 0) is 0 Å². The van der Waals surface area contributed by atoms with Crippen LogP contribution in [0.4, 0.5) is 0 Å². The first-order valence-corrected chi connectivity index (χ1v) is 50.0. The molecular weight excluding hydrogens is 1100 g/mol. The van der Waals surface area contributed by atoms with Crippen molar-refractivity contribution in [2.45, 2.75) is 112 Å². The molecule has 12 heteroatoms. The van der Waals surface area contributed by atoms with Gasteiger partial charge in [0.15, 0.2) is 13.9 Å². The third kappa shape index (κ3) is 6.80. The second-order valence-electron chi connectivity index (χ2n) is 28.0. The van der Waals surface area contributed by atoms with Gasteiger partial charge in [-0.2, -0.15) is 15.0 Å². The predicted molar refractivity (Wildman–Crippen MR) is 363 cm³/mol. The lowest BCUT2D eigenvalue weighted by Gasteiger charge is -2.52. The summed E-state index contributed by atoms with van der Waals surface area (Å²) in [6, 6.07) is 87.9. The topological polar surface area (TPSA) is 48.5 Å². The molecule has 3 saturated heterocycles. The van der Waals surface area contributed by atoms with E-state index in [1.165, 1.54) is 99.3 Å². The molecule has 8 aromatic carbocycles. The number of hydrogen-bond donors (Lipinski definition) is 0. The molecule has 0 N–H and O–H groups in total. The number of para-hydroxylation sites is 4. The van der Waals surface area contributed by atoms with Crippen LogP contribution in [-0.4, -0.2) is 80.6 Å². The lowest BCUT2D eigenvalue weighted by molar-refractivity contribution is 0.893. The summed E-state index contributed by atoms with van der Waals surface area (Å²) in [5.74, 6) is 1.96. The summed E-state index contributed by atoms with van der Waals surface area (Å²) in [4.78, 5) is 17.1. The molecule has 0 saturated carbocycles. The zero-order valence-electron chi connectivity index (χ0n) is 48.0. The van der Waals surface area contributed by atoms with E-state index in [-0.39, 0.29) is 0 Å². The van der Waals surface area contributed by atoms with Gasteiger partial charge in [0, 0.05) is 27.1 Å². The van der Waals surface area contributed by atoms with Gasteiger partial charge in [0.1, 0.15) is 0 Å². The highest BCUT2D eigenvalue weighted by Crippen LogP contribution is 2.43. The number of nitrogens with zero attached hydrogens (tertiary/aromatic N) is 5. The van der Waals surface area contributed by atoms with Crippen LogP contribution in [0.1, 0.15) is 0 Å². The molecule has 9 aliphatic heterocycles. The van der Waals surface area contributed by atoms with E-state index < -0.39 is 56.5 Å². The fourth-order valence-corrected chi connectivity index (χ4v) is 67.2. The molecule has 0 radical (unpaired) electrons. The zero-order chi connectivity index (χ0) is 54.5. The SMILES string of the molecule is C[Si]12CC[Si](C)(CC1)c1cc([Si](c3cccc(-c4nc(-n5c6ccccc6c6ccccc65)nc(-n5c6ccccc6c6ccccc65)n4)c3)(c3ccc4c(c3)[Si]3(C)CC[Si]4(C)CC3)c3ccc4c(c3)[Si]3(C)CC[Si]4(C)CC3)ccc12. The van der Waals surface area contributed by atoms with Crippen LogP contribution < -0.4 is 51.9 Å². The van der Waals surface area contributed by atoms with Crippen molar-refractivity contribution >= 4 is 152 Å². The lowest BCUT2D eigenvalue weighted by atomic mass is 10.2. The third-order valence-corrected chi connectivity index (χ3v) is 58.4. The monoisotopic (exact) mass is 1170 g/mol. The van der Waals surface area contributed by atoms with Crippen molar-refractivity contribution in [3.8, 4) is 23.3 Å². The van der Waals surface area contributed by atoms with Crippen LogP contribution in [0.15, 0.2) is 176 Å². The minimum absolute atomic E-state index is 0.630. The van der Waals surface area contributed by atoms with E-state index in [0.29, 0.717) is 17.7 Å².